The number of nitrogens with zero attached hydrogens (tertiary/aromatic N) is 6. The molecule has 0 spiro atoms. The Morgan fingerprint density at radius 2 is 1.98 bits per heavy atom. The van der Waals surface area contributed by atoms with Crippen molar-refractivity contribution in [3.8, 4) is 0 Å². The Hall–Kier alpha value is -4.41. The number of β-lactam (4-membered cyclic amide) rings is 1. The lowest BCUT2D eigenvalue weighted by Crippen LogP contribution is -2.73. The van der Waals surface area contributed by atoms with Crippen molar-refractivity contribution in [3.63, 3.8) is 0 Å². The van der Waals surface area contributed by atoms with Crippen LogP contribution in [0.1, 0.15) is 37.1 Å². The largest absolute Gasteiger partial charge is 0.478 e. The van der Waals surface area contributed by atoms with E-state index in [1.807, 2.05) is 0 Å². The van der Waals surface area contributed by atoms with Gasteiger partial charge in [-0.25, -0.2) is 18.9 Å². The highest BCUT2D eigenvalue weighted by molar-refractivity contribution is 7.84. The first-order valence-electron chi connectivity index (χ1n) is 12.8. The number of nitrogens with two attached hydrogens (primary N) is 2. The first-order chi connectivity index (χ1) is 20.3. The van der Waals surface area contributed by atoms with Crippen molar-refractivity contribution in [3.05, 3.63) is 23.0 Å². The third-order valence-electron chi connectivity index (χ3n) is 6.59. The molecule has 2 fully saturated rings. The van der Waals surface area contributed by atoms with Crippen molar-refractivity contribution in [2.24, 2.45) is 10.9 Å². The van der Waals surface area contributed by atoms with E-state index in [0.29, 0.717) is 12.8 Å². The number of carboxylic acid groups (broad SMARTS) is 1. The van der Waals surface area contributed by atoms with Crippen LogP contribution in [0, 0.1) is 0 Å². The van der Waals surface area contributed by atoms with Gasteiger partial charge in [-0.05, 0) is 12.8 Å². The fourth-order valence-electron chi connectivity index (χ4n) is 4.46. The van der Waals surface area contributed by atoms with Crippen LogP contribution in [0.2, 0.25) is 0 Å². The monoisotopic (exact) mass is 643 g/mol. The van der Waals surface area contributed by atoms with Crippen LogP contribution in [0.15, 0.2) is 16.7 Å². The molecule has 1 aliphatic heterocycles. The Kier molecular flexibility index (Phi) is 9.42. The summed E-state index contributed by atoms with van der Waals surface area (Å²) < 4.78 is 33.7. The van der Waals surface area contributed by atoms with Crippen LogP contribution in [0.5, 0.6) is 0 Å². The summed E-state index contributed by atoms with van der Waals surface area (Å²) in [6.07, 6.45) is 2.72. The second-order valence-electron chi connectivity index (χ2n) is 9.53. The molecule has 1 aliphatic carbocycles. The van der Waals surface area contributed by atoms with Gasteiger partial charge in [0.05, 0.1) is 19.3 Å². The number of hydrogen-bond acceptors (Lipinski definition) is 14. The Labute approximate surface area is 247 Å². The molecule has 1 saturated heterocycles. The number of thiazole rings is 1. The van der Waals surface area contributed by atoms with Crippen molar-refractivity contribution < 1.29 is 42.1 Å². The second-order valence-corrected chi connectivity index (χ2v) is 11.7. The number of aliphatic carboxylic acids is 1. The fourth-order valence-corrected chi connectivity index (χ4v) is 5.88. The highest BCUT2D eigenvalue weighted by Crippen LogP contribution is 2.34. The van der Waals surface area contributed by atoms with E-state index in [0.717, 1.165) is 16.1 Å². The molecule has 0 radical (unpaired) electrons. The third-order valence-corrected chi connectivity index (χ3v) is 8.21. The molecule has 4 rings (SSSR count). The molecule has 43 heavy (non-hydrogen) atoms. The van der Waals surface area contributed by atoms with E-state index >= 15 is 0 Å². The predicted octanol–water partition coefficient (Wildman–Crippen LogP) is -2.61. The summed E-state index contributed by atoms with van der Waals surface area (Å²) in [7, 11) is -5.04. The molecule has 20 nitrogen and oxygen atoms in total. The van der Waals surface area contributed by atoms with Crippen LogP contribution in [0.25, 0.3) is 0 Å². The molecule has 0 unspecified atom stereocenters. The number of nitrogens with one attached hydrogen (secondary N) is 3. The lowest BCUT2D eigenvalue weighted by Gasteiger charge is -2.43. The molecule has 2 atom stereocenters. The van der Waals surface area contributed by atoms with Crippen molar-refractivity contribution in [2.45, 2.75) is 56.5 Å². The summed E-state index contributed by atoms with van der Waals surface area (Å²) in [5.74, 6) is -3.48. The molecule has 2 aromatic heterocycles. The fraction of sp³-hybridized carbons (Fsp3) is 0.524. The number of rotatable bonds is 13. The van der Waals surface area contributed by atoms with Gasteiger partial charge in [-0.1, -0.05) is 5.16 Å². The normalized spacial score (nSPS) is 19.9. The lowest BCUT2D eigenvalue weighted by atomic mass is 9.98. The summed E-state index contributed by atoms with van der Waals surface area (Å²) in [6.45, 7) is 0.0514. The molecule has 0 bridgehead atoms. The minimum Gasteiger partial charge on any atom is -0.478 e. The lowest BCUT2D eigenvalue weighted by molar-refractivity contribution is -0.165. The van der Waals surface area contributed by atoms with Crippen molar-refractivity contribution in [1.82, 2.24) is 40.2 Å². The van der Waals surface area contributed by atoms with Gasteiger partial charge in [0.15, 0.2) is 10.8 Å². The second kappa shape index (κ2) is 12.8. The van der Waals surface area contributed by atoms with Gasteiger partial charge in [-0.2, -0.15) is 23.4 Å². The van der Waals surface area contributed by atoms with Gasteiger partial charge in [0, 0.05) is 31.3 Å². The van der Waals surface area contributed by atoms with Crippen LogP contribution in [0.3, 0.4) is 0 Å². The zero-order valence-corrected chi connectivity index (χ0v) is 24.0. The predicted molar refractivity (Wildman–Crippen MR) is 146 cm³/mol. The molecule has 0 aromatic carbocycles. The van der Waals surface area contributed by atoms with E-state index in [1.165, 1.54) is 11.6 Å². The van der Waals surface area contributed by atoms with Gasteiger partial charge in [-0.15, -0.1) is 11.3 Å². The van der Waals surface area contributed by atoms with Crippen molar-refractivity contribution in [2.75, 3.05) is 18.8 Å². The average Bonchev–Trinajstić information content (AvgIpc) is 3.70. The molecular weight excluding hydrogens is 614 g/mol. The van der Waals surface area contributed by atoms with Crippen molar-refractivity contribution >= 4 is 56.3 Å². The molecule has 2 aliphatic rings. The molecule has 9 N–H and O–H groups in total. The number of urea groups is 1. The standard InChI is InChI=1S/C21H29N11O9S2/c22-5-6-24-20(37)25-7-11-8-26-31(29-11)9-13-15(17(34)32(13)43(38,39)40)28-16(33)14(12-10-42-19(23)27-12)30-41-21(18(35)36)3-1-2-4-21/h8,10,13,15H,1-7,9,22H2,(H2,23,27)(H,28,33)(H,35,36)(H2,24,25,37)(H,38,39,40)/b30-14-/t13-,15+/m1/s1. The maximum Gasteiger partial charge on any atom is 0.362 e. The Balaban J connectivity index is 1.52. The number of nitrogen functional groups attached to an aromatic ring is 1. The van der Waals surface area contributed by atoms with E-state index < -0.39 is 64.1 Å². The van der Waals surface area contributed by atoms with Crippen LogP contribution < -0.4 is 27.4 Å². The molecule has 22 heteroatoms. The van der Waals surface area contributed by atoms with Crippen LogP contribution in [0.4, 0.5) is 9.93 Å². The van der Waals surface area contributed by atoms with Gasteiger partial charge in [0.1, 0.15) is 23.5 Å². The first-order valence-corrected chi connectivity index (χ1v) is 15.1. The SMILES string of the molecule is NCCNC(=O)NCc1cnn(C[C@@H]2[C@H](NC(=O)/C(=N\OC3(C(=O)O)CCCC3)c3csc(N)n3)C(=O)N2S(=O)(=O)O)n1. The van der Waals surface area contributed by atoms with E-state index in [2.05, 4.69) is 36.3 Å². The summed E-state index contributed by atoms with van der Waals surface area (Å²) in [5.41, 5.74) is 9.05. The molecule has 2 aromatic rings. The Morgan fingerprint density at radius 3 is 2.58 bits per heavy atom. The van der Waals surface area contributed by atoms with Crippen LogP contribution >= 0.6 is 11.3 Å². The van der Waals surface area contributed by atoms with Gasteiger partial charge >= 0.3 is 22.3 Å². The highest BCUT2D eigenvalue weighted by Gasteiger charge is 2.55. The topological polar surface area (TPSA) is 299 Å². The number of oxime groups is 1. The quantitative estimate of drug-likeness (QED) is 0.0509. The number of carbonyl (C=O) groups excluding carboxylic acids is 3. The maximum atomic E-state index is 13.3. The summed E-state index contributed by atoms with van der Waals surface area (Å²) in [6, 6.07) is -3.39. The van der Waals surface area contributed by atoms with Gasteiger partial charge in [-0.3, -0.25) is 14.1 Å². The number of amides is 4. The first kappa shape index (κ1) is 31.5. The summed E-state index contributed by atoms with van der Waals surface area (Å²) in [4.78, 5) is 60.1. The Bertz CT molecular complexity index is 1520. The molecule has 234 valence electrons. The van der Waals surface area contributed by atoms with Gasteiger partial charge in [0.2, 0.25) is 5.60 Å². The molecule has 3 heterocycles. The van der Waals surface area contributed by atoms with Gasteiger partial charge < -0.3 is 37.4 Å². The smallest absolute Gasteiger partial charge is 0.362 e. The zero-order valence-electron chi connectivity index (χ0n) is 22.4. The number of hydrogen-bond donors (Lipinski definition) is 7. The summed E-state index contributed by atoms with van der Waals surface area (Å²) in [5, 5.41) is 30.4. The minimum absolute atomic E-state index is 0.0450. The molecule has 4 amide bonds. The van der Waals surface area contributed by atoms with E-state index in [4.69, 9.17) is 16.3 Å². The van der Waals surface area contributed by atoms with E-state index in [1.54, 1.807) is 0 Å². The molecule has 1 saturated carbocycles. The summed E-state index contributed by atoms with van der Waals surface area (Å²) >= 11 is 0.961. The number of carboxylic acids is 1. The Morgan fingerprint density at radius 1 is 1.26 bits per heavy atom. The number of anilines is 1. The third kappa shape index (κ3) is 7.15. The van der Waals surface area contributed by atoms with Crippen LogP contribution in [-0.2, 0) is 42.6 Å². The minimum atomic E-state index is -5.04. The highest BCUT2D eigenvalue weighted by atomic mass is 32.2. The van der Waals surface area contributed by atoms with Crippen molar-refractivity contribution in [1.29, 1.82) is 0 Å². The number of carbonyl (C=O) groups is 4. The van der Waals surface area contributed by atoms with E-state index in [-0.39, 0.29) is 53.3 Å². The van der Waals surface area contributed by atoms with Gasteiger partial charge in [0.25, 0.3) is 11.8 Å². The average molecular weight is 644 g/mol. The zero-order chi connectivity index (χ0) is 31.4. The van der Waals surface area contributed by atoms with Crippen LogP contribution in [-0.4, -0.2) is 103 Å². The van der Waals surface area contributed by atoms with E-state index in [9.17, 15) is 37.3 Å². The number of aromatic nitrogens is 4. The maximum absolute atomic E-state index is 13.3. The molecular formula is C21H29N11O9S2.